The van der Waals surface area contributed by atoms with Crippen LogP contribution in [-0.2, 0) is 6.42 Å². The lowest BCUT2D eigenvalue weighted by molar-refractivity contribution is 0.242. The Morgan fingerprint density at radius 3 is 2.68 bits per heavy atom. The highest BCUT2D eigenvalue weighted by Gasteiger charge is 2.24. The van der Waals surface area contributed by atoms with Crippen molar-refractivity contribution in [2.24, 2.45) is 5.73 Å². The first-order chi connectivity index (χ1) is 9.31. The highest BCUT2D eigenvalue weighted by atomic mass is 16.5. The summed E-state index contributed by atoms with van der Waals surface area (Å²) in [6.45, 7) is 0.552. The van der Waals surface area contributed by atoms with Crippen LogP contribution < -0.4 is 15.2 Å². The van der Waals surface area contributed by atoms with Gasteiger partial charge in [-0.15, -0.1) is 0 Å². The van der Waals surface area contributed by atoms with Crippen molar-refractivity contribution in [1.82, 2.24) is 0 Å². The molecule has 1 atom stereocenters. The number of nitrogens with two attached hydrogens (primary N) is 1. The molecular formula is C16H17NO2. The zero-order valence-electron chi connectivity index (χ0n) is 10.9. The maximum atomic E-state index is 5.94. The number of rotatable bonds is 3. The Labute approximate surface area is 113 Å². The molecule has 3 heteroatoms. The highest BCUT2D eigenvalue weighted by molar-refractivity contribution is 5.73. The average Bonchev–Trinajstić information content (AvgIpc) is 2.90. The van der Waals surface area contributed by atoms with Crippen molar-refractivity contribution in [3.05, 3.63) is 48.0 Å². The average molecular weight is 255 g/mol. The lowest BCUT2D eigenvalue weighted by Crippen LogP contribution is -2.24. The van der Waals surface area contributed by atoms with Gasteiger partial charge in [-0.25, -0.2) is 0 Å². The molecule has 2 aromatic rings. The van der Waals surface area contributed by atoms with Crippen molar-refractivity contribution < 1.29 is 9.47 Å². The summed E-state index contributed by atoms with van der Waals surface area (Å²) in [7, 11) is 1.67. The van der Waals surface area contributed by atoms with Crippen molar-refractivity contribution >= 4 is 0 Å². The van der Waals surface area contributed by atoms with Crippen molar-refractivity contribution in [2.45, 2.75) is 12.5 Å². The second-order valence-corrected chi connectivity index (χ2v) is 4.70. The van der Waals surface area contributed by atoms with Crippen LogP contribution in [0.1, 0.15) is 5.56 Å². The second kappa shape index (κ2) is 4.94. The minimum absolute atomic E-state index is 0.106. The van der Waals surface area contributed by atoms with E-state index in [1.165, 1.54) is 5.56 Å². The molecule has 2 aromatic carbocycles. The van der Waals surface area contributed by atoms with Crippen LogP contribution in [0, 0.1) is 0 Å². The summed E-state index contributed by atoms with van der Waals surface area (Å²) in [6, 6.07) is 14.3. The van der Waals surface area contributed by atoms with E-state index in [1.54, 1.807) is 7.11 Å². The number of hydrogen-bond acceptors (Lipinski definition) is 3. The normalized spacial score (nSPS) is 16.8. The quantitative estimate of drug-likeness (QED) is 0.917. The van der Waals surface area contributed by atoms with Crippen molar-refractivity contribution in [2.75, 3.05) is 13.7 Å². The van der Waals surface area contributed by atoms with Crippen LogP contribution in [0.4, 0.5) is 0 Å². The maximum Gasteiger partial charge on any atom is 0.130 e. The molecule has 1 aliphatic rings. The fourth-order valence-corrected chi connectivity index (χ4v) is 2.47. The van der Waals surface area contributed by atoms with Gasteiger partial charge in [0.1, 0.15) is 17.6 Å². The Kier molecular flexibility index (Phi) is 3.13. The van der Waals surface area contributed by atoms with E-state index in [-0.39, 0.29) is 6.10 Å². The first kappa shape index (κ1) is 12.1. The van der Waals surface area contributed by atoms with Crippen LogP contribution in [0.2, 0.25) is 0 Å². The molecule has 0 fully saturated rings. The van der Waals surface area contributed by atoms with Gasteiger partial charge < -0.3 is 15.2 Å². The molecule has 0 aliphatic carbocycles. The molecule has 1 aliphatic heterocycles. The van der Waals surface area contributed by atoms with E-state index in [4.69, 9.17) is 15.2 Å². The number of methoxy groups -OCH3 is 1. The molecule has 0 aromatic heterocycles. The molecule has 0 saturated heterocycles. The Hall–Kier alpha value is -2.00. The third kappa shape index (κ3) is 2.17. The first-order valence-electron chi connectivity index (χ1n) is 6.45. The molecule has 0 spiro atoms. The van der Waals surface area contributed by atoms with Gasteiger partial charge in [0.2, 0.25) is 0 Å². The van der Waals surface area contributed by atoms with Gasteiger partial charge in [-0.05, 0) is 23.3 Å². The summed E-state index contributed by atoms with van der Waals surface area (Å²) in [4.78, 5) is 0. The van der Waals surface area contributed by atoms with Crippen LogP contribution >= 0.6 is 0 Å². The number of benzene rings is 2. The summed E-state index contributed by atoms with van der Waals surface area (Å²) in [5, 5.41) is 0. The predicted molar refractivity (Wildman–Crippen MR) is 75.6 cm³/mol. The summed E-state index contributed by atoms with van der Waals surface area (Å²) < 4.78 is 11.1. The smallest absolute Gasteiger partial charge is 0.130 e. The van der Waals surface area contributed by atoms with Crippen LogP contribution in [0.3, 0.4) is 0 Å². The van der Waals surface area contributed by atoms with Gasteiger partial charge in [0.25, 0.3) is 0 Å². The van der Waals surface area contributed by atoms with Gasteiger partial charge >= 0.3 is 0 Å². The van der Waals surface area contributed by atoms with E-state index in [0.29, 0.717) is 6.54 Å². The first-order valence-corrected chi connectivity index (χ1v) is 6.45. The molecular weight excluding hydrogens is 238 g/mol. The molecule has 0 radical (unpaired) electrons. The molecule has 98 valence electrons. The Morgan fingerprint density at radius 1 is 1.21 bits per heavy atom. The fourth-order valence-electron chi connectivity index (χ4n) is 2.47. The van der Waals surface area contributed by atoms with Crippen molar-refractivity contribution in [3.8, 4) is 22.6 Å². The van der Waals surface area contributed by atoms with E-state index >= 15 is 0 Å². The molecule has 0 bridgehead atoms. The van der Waals surface area contributed by atoms with Crippen LogP contribution in [0.15, 0.2) is 42.5 Å². The summed E-state index contributed by atoms with van der Waals surface area (Å²) in [6.07, 6.45) is 1.00. The minimum atomic E-state index is 0.106. The monoisotopic (exact) mass is 255 g/mol. The number of para-hydroxylation sites is 1. The van der Waals surface area contributed by atoms with Gasteiger partial charge in [0, 0.05) is 18.5 Å². The topological polar surface area (TPSA) is 44.5 Å². The molecule has 3 rings (SSSR count). The largest absolute Gasteiger partial charge is 0.497 e. The zero-order chi connectivity index (χ0) is 13.2. The summed E-state index contributed by atoms with van der Waals surface area (Å²) >= 11 is 0. The molecule has 0 unspecified atom stereocenters. The third-order valence-electron chi connectivity index (χ3n) is 3.49. The fraction of sp³-hybridized carbons (Fsp3) is 0.250. The SMILES string of the molecule is COc1ccc(-c2cccc3c2O[C@H](CN)C3)cc1. The minimum Gasteiger partial charge on any atom is -0.497 e. The van der Waals surface area contributed by atoms with Gasteiger partial charge in [-0.3, -0.25) is 0 Å². The molecule has 1 heterocycles. The van der Waals surface area contributed by atoms with E-state index in [0.717, 1.165) is 29.0 Å². The van der Waals surface area contributed by atoms with E-state index in [1.807, 2.05) is 24.3 Å². The third-order valence-corrected chi connectivity index (χ3v) is 3.49. The number of fused-ring (bicyclic) bond motifs is 1. The van der Waals surface area contributed by atoms with Crippen molar-refractivity contribution in [1.29, 1.82) is 0 Å². The summed E-state index contributed by atoms with van der Waals surface area (Å²) in [5.41, 5.74) is 9.19. The van der Waals surface area contributed by atoms with Gasteiger partial charge in [-0.2, -0.15) is 0 Å². The van der Waals surface area contributed by atoms with Crippen LogP contribution in [0.5, 0.6) is 11.5 Å². The number of ether oxygens (including phenoxy) is 2. The summed E-state index contributed by atoms with van der Waals surface area (Å²) in [5.74, 6) is 1.83. The molecule has 0 saturated carbocycles. The standard InChI is InChI=1S/C16H17NO2/c1-18-13-7-5-11(6-8-13)15-4-2-3-12-9-14(10-17)19-16(12)15/h2-8,14H,9-10,17H2,1H3/t14-/m0/s1. The highest BCUT2D eigenvalue weighted by Crippen LogP contribution is 2.38. The van der Waals surface area contributed by atoms with Crippen LogP contribution in [-0.4, -0.2) is 19.8 Å². The molecule has 0 amide bonds. The van der Waals surface area contributed by atoms with Crippen LogP contribution in [0.25, 0.3) is 11.1 Å². The maximum absolute atomic E-state index is 5.94. The lowest BCUT2D eigenvalue weighted by atomic mass is 10.0. The van der Waals surface area contributed by atoms with E-state index in [9.17, 15) is 0 Å². The lowest BCUT2D eigenvalue weighted by Gasteiger charge is -2.11. The Morgan fingerprint density at radius 2 is 2.00 bits per heavy atom. The zero-order valence-corrected chi connectivity index (χ0v) is 10.9. The Balaban J connectivity index is 2.00. The molecule has 3 nitrogen and oxygen atoms in total. The van der Waals surface area contributed by atoms with Gasteiger partial charge in [0.05, 0.1) is 7.11 Å². The van der Waals surface area contributed by atoms with E-state index < -0.39 is 0 Å². The van der Waals surface area contributed by atoms with Gasteiger partial charge in [0.15, 0.2) is 0 Å². The molecule has 19 heavy (non-hydrogen) atoms. The molecule has 2 N–H and O–H groups in total. The predicted octanol–water partition coefficient (Wildman–Crippen LogP) is 2.62. The van der Waals surface area contributed by atoms with Gasteiger partial charge in [-0.1, -0.05) is 30.3 Å². The second-order valence-electron chi connectivity index (χ2n) is 4.70. The van der Waals surface area contributed by atoms with Crippen molar-refractivity contribution in [3.63, 3.8) is 0 Å². The Bertz CT molecular complexity index is 578. The number of hydrogen-bond donors (Lipinski definition) is 1. The van der Waals surface area contributed by atoms with E-state index in [2.05, 4.69) is 18.2 Å².